The standard InChI is InChI=1S/C12H8N4O2S/c17-11(15-12-13-6-10(16-18)19-12)9-5-7-3-1-2-4-8(7)14-9/h1-6,14H,(H,13,15,17). The van der Waals surface area contributed by atoms with Crippen LogP contribution in [0.25, 0.3) is 10.9 Å². The lowest BCUT2D eigenvalue weighted by Crippen LogP contribution is -2.11. The normalized spacial score (nSPS) is 10.5. The van der Waals surface area contributed by atoms with Crippen molar-refractivity contribution in [3.8, 4) is 0 Å². The molecular weight excluding hydrogens is 264 g/mol. The minimum atomic E-state index is -0.303. The van der Waals surface area contributed by atoms with Crippen molar-refractivity contribution in [2.45, 2.75) is 0 Å². The molecule has 7 heteroatoms. The zero-order valence-corrected chi connectivity index (χ0v) is 10.4. The van der Waals surface area contributed by atoms with E-state index in [1.807, 2.05) is 24.3 Å². The van der Waals surface area contributed by atoms with Gasteiger partial charge in [0.25, 0.3) is 5.91 Å². The van der Waals surface area contributed by atoms with Gasteiger partial charge >= 0.3 is 0 Å². The van der Waals surface area contributed by atoms with Crippen molar-refractivity contribution in [1.29, 1.82) is 0 Å². The molecule has 2 aromatic heterocycles. The number of anilines is 1. The SMILES string of the molecule is O=Nc1cnc(NC(=O)c2cc3ccccc3[nH]2)s1. The lowest BCUT2D eigenvalue weighted by Gasteiger charge is -1.97. The van der Waals surface area contributed by atoms with E-state index in [9.17, 15) is 9.70 Å². The summed E-state index contributed by atoms with van der Waals surface area (Å²) in [7, 11) is 0. The number of carbonyl (C=O) groups excluding carboxylic acids is 1. The number of para-hydroxylation sites is 1. The van der Waals surface area contributed by atoms with Crippen LogP contribution in [0.5, 0.6) is 0 Å². The van der Waals surface area contributed by atoms with Crippen LogP contribution in [0.15, 0.2) is 41.7 Å². The van der Waals surface area contributed by atoms with Crippen molar-refractivity contribution in [1.82, 2.24) is 9.97 Å². The molecule has 3 aromatic rings. The first-order valence-corrected chi connectivity index (χ1v) is 6.26. The van der Waals surface area contributed by atoms with Crippen molar-refractivity contribution in [3.63, 3.8) is 0 Å². The Morgan fingerprint density at radius 3 is 2.95 bits per heavy atom. The number of aromatic nitrogens is 2. The van der Waals surface area contributed by atoms with Gasteiger partial charge in [0.15, 0.2) is 10.1 Å². The second-order valence-corrected chi connectivity index (χ2v) is 4.83. The number of benzene rings is 1. The van der Waals surface area contributed by atoms with Gasteiger partial charge in [0.1, 0.15) is 5.69 Å². The van der Waals surface area contributed by atoms with Crippen LogP contribution in [0.4, 0.5) is 10.1 Å². The fourth-order valence-electron chi connectivity index (χ4n) is 1.73. The summed E-state index contributed by atoms with van der Waals surface area (Å²) in [6.45, 7) is 0. The van der Waals surface area contributed by atoms with Gasteiger partial charge in [-0.15, -0.1) is 4.91 Å². The van der Waals surface area contributed by atoms with E-state index in [4.69, 9.17) is 0 Å². The summed E-state index contributed by atoms with van der Waals surface area (Å²) in [4.78, 5) is 29.2. The Labute approximate surface area is 111 Å². The van der Waals surface area contributed by atoms with E-state index in [-0.39, 0.29) is 10.9 Å². The van der Waals surface area contributed by atoms with E-state index in [1.54, 1.807) is 6.07 Å². The number of aromatic amines is 1. The van der Waals surface area contributed by atoms with E-state index in [0.29, 0.717) is 10.8 Å². The molecular formula is C12H8N4O2S. The summed E-state index contributed by atoms with van der Waals surface area (Å²) in [6, 6.07) is 9.37. The number of amides is 1. The molecule has 0 radical (unpaired) electrons. The average molecular weight is 272 g/mol. The Bertz CT molecular complexity index is 729. The molecule has 0 bridgehead atoms. The van der Waals surface area contributed by atoms with Gasteiger partial charge in [0, 0.05) is 10.9 Å². The van der Waals surface area contributed by atoms with Crippen molar-refractivity contribution in [3.05, 3.63) is 47.1 Å². The number of rotatable bonds is 3. The highest BCUT2D eigenvalue weighted by molar-refractivity contribution is 7.19. The fraction of sp³-hybridized carbons (Fsp3) is 0. The third-order valence-electron chi connectivity index (χ3n) is 2.58. The van der Waals surface area contributed by atoms with E-state index in [1.165, 1.54) is 6.20 Å². The van der Waals surface area contributed by atoms with Gasteiger partial charge in [0.2, 0.25) is 0 Å². The molecule has 2 N–H and O–H groups in total. The third-order valence-corrected chi connectivity index (χ3v) is 3.37. The first-order chi connectivity index (χ1) is 9.26. The molecule has 0 aliphatic rings. The molecule has 3 rings (SSSR count). The molecule has 0 saturated carbocycles. The van der Waals surface area contributed by atoms with Gasteiger partial charge in [-0.3, -0.25) is 10.1 Å². The van der Waals surface area contributed by atoms with Gasteiger partial charge in [-0.05, 0) is 17.3 Å². The van der Waals surface area contributed by atoms with Crippen LogP contribution in [-0.2, 0) is 0 Å². The van der Waals surface area contributed by atoms with Crippen LogP contribution < -0.4 is 5.32 Å². The molecule has 2 heterocycles. The maximum absolute atomic E-state index is 12.0. The summed E-state index contributed by atoms with van der Waals surface area (Å²) in [5, 5.41) is 6.90. The average Bonchev–Trinajstić information content (AvgIpc) is 3.04. The number of carbonyl (C=O) groups is 1. The Hall–Kier alpha value is -2.54. The van der Waals surface area contributed by atoms with Gasteiger partial charge in [-0.2, -0.15) is 0 Å². The van der Waals surface area contributed by atoms with E-state index in [2.05, 4.69) is 20.5 Å². The number of hydrogen-bond donors (Lipinski definition) is 2. The molecule has 1 aromatic carbocycles. The van der Waals surface area contributed by atoms with Crippen molar-refractivity contribution in [2.75, 3.05) is 5.32 Å². The van der Waals surface area contributed by atoms with Crippen molar-refractivity contribution < 1.29 is 4.79 Å². The Morgan fingerprint density at radius 2 is 2.21 bits per heavy atom. The second-order valence-electron chi connectivity index (χ2n) is 3.82. The topological polar surface area (TPSA) is 87.2 Å². The van der Waals surface area contributed by atoms with E-state index in [0.717, 1.165) is 22.2 Å². The van der Waals surface area contributed by atoms with Crippen molar-refractivity contribution >= 4 is 38.3 Å². The summed E-state index contributed by atoms with van der Waals surface area (Å²) < 4.78 is 0. The molecule has 0 fully saturated rings. The second kappa shape index (κ2) is 4.62. The van der Waals surface area contributed by atoms with Gasteiger partial charge in [0.05, 0.1) is 6.20 Å². The molecule has 0 aliphatic heterocycles. The molecule has 0 atom stereocenters. The van der Waals surface area contributed by atoms with Gasteiger partial charge in [-0.25, -0.2) is 4.98 Å². The number of nitrogens with zero attached hydrogens (tertiary/aromatic N) is 2. The Balaban J connectivity index is 1.85. The zero-order chi connectivity index (χ0) is 13.2. The summed E-state index contributed by atoms with van der Waals surface area (Å²) >= 11 is 1.03. The summed E-state index contributed by atoms with van der Waals surface area (Å²) in [6.07, 6.45) is 1.32. The number of hydrogen-bond acceptors (Lipinski definition) is 5. The zero-order valence-electron chi connectivity index (χ0n) is 9.58. The molecule has 6 nitrogen and oxygen atoms in total. The lowest BCUT2D eigenvalue weighted by molar-refractivity contribution is 0.102. The maximum atomic E-state index is 12.0. The van der Waals surface area contributed by atoms with Gasteiger partial charge < -0.3 is 4.98 Å². The Kier molecular flexibility index (Phi) is 2.81. The third kappa shape index (κ3) is 2.23. The highest BCUT2D eigenvalue weighted by Crippen LogP contribution is 2.26. The van der Waals surface area contributed by atoms with Crippen LogP contribution in [-0.4, -0.2) is 15.9 Å². The smallest absolute Gasteiger partial charge is 0.273 e. The van der Waals surface area contributed by atoms with Crippen LogP contribution in [0.1, 0.15) is 10.5 Å². The minimum Gasteiger partial charge on any atom is -0.351 e. The number of fused-ring (bicyclic) bond motifs is 1. The predicted molar refractivity (Wildman–Crippen MR) is 73.8 cm³/mol. The number of nitrogens with one attached hydrogen (secondary N) is 2. The largest absolute Gasteiger partial charge is 0.351 e. The molecule has 94 valence electrons. The molecule has 1 amide bonds. The number of H-pyrrole nitrogens is 1. The van der Waals surface area contributed by atoms with E-state index >= 15 is 0 Å². The molecule has 0 spiro atoms. The van der Waals surface area contributed by atoms with Crippen molar-refractivity contribution in [2.24, 2.45) is 5.18 Å². The quantitative estimate of drug-likeness (QED) is 0.717. The molecule has 19 heavy (non-hydrogen) atoms. The monoisotopic (exact) mass is 272 g/mol. The highest BCUT2D eigenvalue weighted by Gasteiger charge is 2.11. The van der Waals surface area contributed by atoms with Gasteiger partial charge in [-0.1, -0.05) is 29.5 Å². The predicted octanol–water partition coefficient (Wildman–Crippen LogP) is 3.27. The Morgan fingerprint density at radius 1 is 1.37 bits per heavy atom. The highest BCUT2D eigenvalue weighted by atomic mass is 32.1. The lowest BCUT2D eigenvalue weighted by atomic mass is 10.2. The van der Waals surface area contributed by atoms with Crippen LogP contribution in [0, 0.1) is 4.91 Å². The summed E-state index contributed by atoms with van der Waals surface area (Å²) in [5.74, 6) is -0.303. The number of nitroso groups, excluding NO2 is 1. The number of thiazole rings is 1. The van der Waals surface area contributed by atoms with Crippen LogP contribution >= 0.6 is 11.3 Å². The van der Waals surface area contributed by atoms with Crippen LogP contribution in [0.2, 0.25) is 0 Å². The molecule has 0 unspecified atom stereocenters. The first kappa shape index (κ1) is 11.5. The molecule has 0 aliphatic carbocycles. The summed E-state index contributed by atoms with van der Waals surface area (Å²) in [5.41, 5.74) is 1.33. The minimum absolute atomic E-state index is 0.229. The fourth-order valence-corrected chi connectivity index (χ4v) is 2.32. The van der Waals surface area contributed by atoms with Crippen LogP contribution in [0.3, 0.4) is 0 Å². The first-order valence-electron chi connectivity index (χ1n) is 5.44. The van der Waals surface area contributed by atoms with E-state index < -0.39 is 0 Å². The maximum Gasteiger partial charge on any atom is 0.273 e. The molecule has 0 saturated heterocycles.